The lowest BCUT2D eigenvalue weighted by atomic mass is 9.81. The van der Waals surface area contributed by atoms with Crippen LogP contribution in [0.5, 0.6) is 0 Å². The monoisotopic (exact) mass is 366 g/mol. The van der Waals surface area contributed by atoms with Crippen LogP contribution in [0.15, 0.2) is 30.5 Å². The van der Waals surface area contributed by atoms with E-state index in [0.29, 0.717) is 5.56 Å². The molecule has 0 aliphatic heterocycles. The van der Waals surface area contributed by atoms with E-state index in [4.69, 9.17) is 11.6 Å². The molecule has 2 atom stereocenters. The van der Waals surface area contributed by atoms with Crippen LogP contribution in [0.2, 0.25) is 5.02 Å². The number of nitrogens with zero attached hydrogens (tertiary/aromatic N) is 1. The van der Waals surface area contributed by atoms with Gasteiger partial charge in [0.2, 0.25) is 5.67 Å². The van der Waals surface area contributed by atoms with Crippen molar-refractivity contribution < 1.29 is 18.7 Å². The largest absolute Gasteiger partial charge is 0.387 e. The van der Waals surface area contributed by atoms with Crippen LogP contribution in [0.1, 0.15) is 41.3 Å². The number of fused-ring (bicyclic) bond motifs is 1. The van der Waals surface area contributed by atoms with E-state index in [0.717, 1.165) is 0 Å². The first-order valence-corrected chi connectivity index (χ1v) is 8.26. The molecule has 0 spiro atoms. The second-order valence-electron chi connectivity index (χ2n) is 6.13. The minimum absolute atomic E-state index is 0.0436. The van der Waals surface area contributed by atoms with E-state index >= 15 is 4.39 Å². The minimum atomic E-state index is -2.32. The van der Waals surface area contributed by atoms with Crippen LogP contribution >= 0.6 is 11.6 Å². The summed E-state index contributed by atoms with van der Waals surface area (Å²) in [5.74, 6) is -1.42. The summed E-state index contributed by atoms with van der Waals surface area (Å²) in [6.45, 7) is 1.35. The van der Waals surface area contributed by atoms with E-state index < -0.39 is 23.5 Å². The molecular formula is C18H17ClF2N2O2. The Balaban J connectivity index is 1.85. The molecule has 0 bridgehead atoms. The highest BCUT2D eigenvalue weighted by atomic mass is 35.5. The molecular weight excluding hydrogens is 350 g/mol. The van der Waals surface area contributed by atoms with Crippen LogP contribution in [0.25, 0.3) is 0 Å². The first-order valence-electron chi connectivity index (χ1n) is 7.88. The van der Waals surface area contributed by atoms with Gasteiger partial charge in [0.1, 0.15) is 5.82 Å². The van der Waals surface area contributed by atoms with Crippen molar-refractivity contribution in [2.24, 2.45) is 0 Å². The van der Waals surface area contributed by atoms with Crippen molar-refractivity contribution in [1.82, 2.24) is 10.3 Å². The number of aliphatic hydroxyl groups excluding tert-OH is 1. The molecule has 2 aromatic rings. The molecule has 1 aliphatic carbocycles. The lowest BCUT2D eigenvalue weighted by Gasteiger charge is -2.32. The quantitative estimate of drug-likeness (QED) is 0.874. The fraction of sp³-hybridized carbons (Fsp3) is 0.333. The molecule has 0 saturated carbocycles. The van der Waals surface area contributed by atoms with Crippen molar-refractivity contribution >= 4 is 17.5 Å². The zero-order valence-electron chi connectivity index (χ0n) is 13.5. The number of rotatable bonds is 3. The molecule has 1 aliphatic rings. The number of hydrogen-bond acceptors (Lipinski definition) is 3. The second kappa shape index (κ2) is 6.69. The first kappa shape index (κ1) is 17.8. The van der Waals surface area contributed by atoms with Gasteiger partial charge < -0.3 is 10.4 Å². The number of benzene rings is 1. The van der Waals surface area contributed by atoms with Gasteiger partial charge in [0, 0.05) is 28.9 Å². The van der Waals surface area contributed by atoms with Gasteiger partial charge in [-0.05, 0) is 37.5 Å². The number of pyridine rings is 1. The zero-order valence-corrected chi connectivity index (χ0v) is 14.3. The van der Waals surface area contributed by atoms with Crippen LogP contribution in [-0.4, -0.2) is 16.0 Å². The van der Waals surface area contributed by atoms with Crippen molar-refractivity contribution in [2.75, 3.05) is 0 Å². The van der Waals surface area contributed by atoms with Crippen LogP contribution in [0, 0.1) is 12.7 Å². The van der Waals surface area contributed by atoms with E-state index in [1.165, 1.54) is 30.5 Å². The summed E-state index contributed by atoms with van der Waals surface area (Å²) >= 11 is 5.98. The molecule has 2 unspecified atom stereocenters. The number of aryl methyl sites for hydroxylation is 1. The highest BCUT2D eigenvalue weighted by molar-refractivity contribution is 6.31. The van der Waals surface area contributed by atoms with Crippen LogP contribution in [0.4, 0.5) is 8.78 Å². The molecule has 1 aromatic heterocycles. The zero-order chi connectivity index (χ0) is 18.2. The van der Waals surface area contributed by atoms with Gasteiger partial charge in [0.25, 0.3) is 5.91 Å². The van der Waals surface area contributed by atoms with Gasteiger partial charge in [0.05, 0.1) is 11.8 Å². The number of aromatic nitrogens is 1. The number of carbonyl (C=O) groups is 1. The summed E-state index contributed by atoms with van der Waals surface area (Å²) in [5.41, 5.74) is -1.62. The number of amides is 1. The molecule has 132 valence electrons. The molecule has 3 rings (SSSR count). The summed E-state index contributed by atoms with van der Waals surface area (Å²) in [6.07, 6.45) is 0.431. The highest BCUT2D eigenvalue weighted by Crippen LogP contribution is 2.42. The number of hydrogen-bond donors (Lipinski definition) is 2. The van der Waals surface area contributed by atoms with E-state index in [9.17, 15) is 14.3 Å². The van der Waals surface area contributed by atoms with Crippen molar-refractivity contribution in [3.05, 3.63) is 63.7 Å². The standard InChI is InChI=1S/C18H17ClF2N2O2/c1-10-4-5-13(19)11(15(10)20)9-23-17(25)18(21)7-6-14(24)16-12(18)3-2-8-22-16/h2-5,8,14,24H,6-7,9H2,1H3,(H,23,25). The molecule has 0 radical (unpaired) electrons. The van der Waals surface area contributed by atoms with E-state index in [1.54, 1.807) is 6.92 Å². The third-order valence-corrected chi connectivity index (χ3v) is 4.86. The maximum absolute atomic E-state index is 15.4. The third-order valence-electron chi connectivity index (χ3n) is 4.51. The van der Waals surface area contributed by atoms with Crippen molar-refractivity contribution in [1.29, 1.82) is 0 Å². The number of alkyl halides is 1. The number of aliphatic hydroxyl groups is 1. The van der Waals surface area contributed by atoms with Gasteiger partial charge in [-0.3, -0.25) is 9.78 Å². The SMILES string of the molecule is Cc1ccc(Cl)c(CNC(=O)C2(F)CCC(O)c3ncccc32)c1F. The van der Waals surface area contributed by atoms with E-state index in [1.807, 2.05) is 0 Å². The topological polar surface area (TPSA) is 62.2 Å². The van der Waals surface area contributed by atoms with Gasteiger partial charge in [-0.2, -0.15) is 0 Å². The summed E-state index contributed by atoms with van der Waals surface area (Å²) in [4.78, 5) is 16.5. The Bertz CT molecular complexity index is 831. The minimum Gasteiger partial charge on any atom is -0.387 e. The number of carbonyl (C=O) groups excluding carboxylic acids is 1. The molecule has 0 saturated heterocycles. The lowest BCUT2D eigenvalue weighted by molar-refractivity contribution is -0.135. The van der Waals surface area contributed by atoms with Crippen molar-refractivity contribution in [3.8, 4) is 0 Å². The molecule has 4 nitrogen and oxygen atoms in total. The van der Waals surface area contributed by atoms with Crippen molar-refractivity contribution in [2.45, 2.75) is 38.1 Å². The van der Waals surface area contributed by atoms with Gasteiger partial charge in [-0.25, -0.2) is 8.78 Å². The molecule has 1 aromatic carbocycles. The summed E-state index contributed by atoms with van der Waals surface area (Å²) in [6, 6.07) is 6.01. The van der Waals surface area contributed by atoms with Gasteiger partial charge >= 0.3 is 0 Å². The average molecular weight is 367 g/mol. The Morgan fingerprint density at radius 1 is 1.48 bits per heavy atom. The van der Waals surface area contributed by atoms with Gasteiger partial charge in [-0.1, -0.05) is 23.7 Å². The maximum Gasteiger partial charge on any atom is 0.262 e. The predicted octanol–water partition coefficient (Wildman–Crippen LogP) is 3.49. The average Bonchev–Trinajstić information content (AvgIpc) is 2.61. The van der Waals surface area contributed by atoms with E-state index in [-0.39, 0.29) is 41.2 Å². The van der Waals surface area contributed by atoms with Crippen molar-refractivity contribution in [3.63, 3.8) is 0 Å². The Morgan fingerprint density at radius 3 is 3.00 bits per heavy atom. The molecule has 0 fully saturated rings. The Hall–Kier alpha value is -2.05. The first-order chi connectivity index (χ1) is 11.8. The normalized spacial score (nSPS) is 22.4. The predicted molar refractivity (Wildman–Crippen MR) is 89.2 cm³/mol. The Labute approximate surface area is 148 Å². The third kappa shape index (κ3) is 3.12. The van der Waals surface area contributed by atoms with Crippen LogP contribution in [0.3, 0.4) is 0 Å². The smallest absolute Gasteiger partial charge is 0.262 e. The fourth-order valence-corrected chi connectivity index (χ4v) is 3.26. The fourth-order valence-electron chi connectivity index (χ4n) is 3.05. The molecule has 25 heavy (non-hydrogen) atoms. The molecule has 1 amide bonds. The molecule has 7 heteroatoms. The van der Waals surface area contributed by atoms with Gasteiger partial charge in [0.15, 0.2) is 0 Å². The second-order valence-corrected chi connectivity index (χ2v) is 6.54. The highest BCUT2D eigenvalue weighted by Gasteiger charge is 2.46. The van der Waals surface area contributed by atoms with Crippen LogP contribution < -0.4 is 5.32 Å². The molecule has 2 N–H and O–H groups in total. The Morgan fingerprint density at radius 2 is 2.24 bits per heavy atom. The lowest BCUT2D eigenvalue weighted by Crippen LogP contribution is -2.44. The summed E-state index contributed by atoms with van der Waals surface area (Å²) in [5, 5.41) is 12.5. The maximum atomic E-state index is 15.4. The number of halogens is 3. The van der Waals surface area contributed by atoms with Gasteiger partial charge in [-0.15, -0.1) is 0 Å². The Kier molecular flexibility index (Phi) is 4.75. The van der Waals surface area contributed by atoms with Crippen LogP contribution in [-0.2, 0) is 17.0 Å². The summed E-state index contributed by atoms with van der Waals surface area (Å²) in [7, 11) is 0. The number of nitrogens with one attached hydrogen (secondary N) is 1. The van der Waals surface area contributed by atoms with E-state index in [2.05, 4.69) is 10.3 Å². The summed E-state index contributed by atoms with van der Waals surface area (Å²) < 4.78 is 29.6. The molecule has 1 heterocycles.